The molecule has 28 heavy (non-hydrogen) atoms. The fourth-order valence-electron chi connectivity index (χ4n) is 3.48. The number of rotatable bonds is 7. The van der Waals surface area contributed by atoms with Crippen molar-refractivity contribution in [1.29, 1.82) is 0 Å². The summed E-state index contributed by atoms with van der Waals surface area (Å²) in [6, 6.07) is 29.0. The molecule has 0 atom stereocenters. The Balaban J connectivity index is 1.18. The van der Waals surface area contributed by atoms with E-state index in [0.29, 0.717) is 0 Å². The second-order valence-electron chi connectivity index (χ2n) is 7.03. The molecular weight excluding hydrogens is 346 g/mol. The van der Waals surface area contributed by atoms with E-state index in [4.69, 9.17) is 4.74 Å². The van der Waals surface area contributed by atoms with Crippen molar-refractivity contribution in [3.8, 4) is 5.75 Å². The Morgan fingerprint density at radius 1 is 0.679 bits per heavy atom. The molecule has 0 unspecified atom stereocenters. The number of piperazine rings is 1. The van der Waals surface area contributed by atoms with Crippen LogP contribution in [-0.4, -0.2) is 44.2 Å². The summed E-state index contributed by atoms with van der Waals surface area (Å²) >= 11 is 0. The summed E-state index contributed by atoms with van der Waals surface area (Å²) in [5.74, 6) is 0.918. The molecule has 0 saturated carbocycles. The van der Waals surface area contributed by atoms with Gasteiger partial charge in [-0.05, 0) is 48.5 Å². The van der Waals surface area contributed by atoms with E-state index in [9.17, 15) is 0 Å². The van der Waals surface area contributed by atoms with Gasteiger partial charge in [0.2, 0.25) is 0 Å². The first-order valence-electron chi connectivity index (χ1n) is 9.94. The summed E-state index contributed by atoms with van der Waals surface area (Å²) in [6.45, 7) is 5.99. The van der Waals surface area contributed by atoms with E-state index in [1.54, 1.807) is 0 Å². The summed E-state index contributed by atoms with van der Waals surface area (Å²) in [5.41, 5.74) is 3.48. The van der Waals surface area contributed by atoms with Crippen molar-refractivity contribution in [3.05, 3.63) is 84.9 Å². The fourth-order valence-corrected chi connectivity index (χ4v) is 3.48. The van der Waals surface area contributed by atoms with Crippen LogP contribution < -0.4 is 15.0 Å². The lowest BCUT2D eigenvalue weighted by atomic mass is 10.2. The van der Waals surface area contributed by atoms with Crippen LogP contribution in [0.25, 0.3) is 0 Å². The smallest absolute Gasteiger partial charge is 0.119 e. The lowest BCUT2D eigenvalue weighted by molar-refractivity contribution is 0.200. The van der Waals surface area contributed by atoms with Gasteiger partial charge in [0, 0.05) is 49.8 Å². The van der Waals surface area contributed by atoms with Gasteiger partial charge in [-0.3, -0.25) is 4.90 Å². The lowest BCUT2D eigenvalue weighted by Gasteiger charge is -2.36. The summed E-state index contributed by atoms with van der Waals surface area (Å²) in [7, 11) is 0. The van der Waals surface area contributed by atoms with Gasteiger partial charge >= 0.3 is 0 Å². The molecule has 0 aliphatic carbocycles. The average Bonchev–Trinajstić information content (AvgIpc) is 2.77. The number of hydrogen-bond acceptors (Lipinski definition) is 4. The van der Waals surface area contributed by atoms with Crippen LogP contribution >= 0.6 is 0 Å². The van der Waals surface area contributed by atoms with Gasteiger partial charge in [0.05, 0.1) is 0 Å². The molecule has 1 N–H and O–H groups in total. The first-order chi connectivity index (χ1) is 13.9. The second-order valence-corrected chi connectivity index (χ2v) is 7.03. The molecule has 0 aromatic heterocycles. The highest BCUT2D eigenvalue weighted by atomic mass is 16.5. The monoisotopic (exact) mass is 373 g/mol. The van der Waals surface area contributed by atoms with E-state index < -0.39 is 0 Å². The van der Waals surface area contributed by atoms with Crippen LogP contribution in [0, 0.1) is 0 Å². The highest BCUT2D eigenvalue weighted by molar-refractivity contribution is 5.60. The number of para-hydroxylation sites is 2. The van der Waals surface area contributed by atoms with E-state index in [2.05, 4.69) is 69.7 Å². The van der Waals surface area contributed by atoms with E-state index in [1.165, 1.54) is 5.69 Å². The molecule has 1 aliphatic heterocycles. The molecule has 3 aromatic carbocycles. The molecule has 4 heteroatoms. The number of hydrogen-bond donors (Lipinski definition) is 1. The Labute approximate surface area is 167 Å². The fraction of sp³-hybridized carbons (Fsp3) is 0.250. The Morgan fingerprint density at radius 3 is 1.96 bits per heavy atom. The summed E-state index contributed by atoms with van der Waals surface area (Å²) in [4.78, 5) is 4.93. The third kappa shape index (κ3) is 5.05. The highest BCUT2D eigenvalue weighted by Gasteiger charge is 2.16. The largest absolute Gasteiger partial charge is 0.492 e. The molecular formula is C24H27N3O. The minimum atomic E-state index is 0.719. The SMILES string of the molecule is c1ccc(Nc2ccc(OCCN3CCN(c4ccccc4)CC3)cc2)cc1. The average molecular weight is 374 g/mol. The molecule has 1 aliphatic rings. The van der Waals surface area contributed by atoms with Crippen LogP contribution in [0.5, 0.6) is 5.75 Å². The zero-order valence-corrected chi connectivity index (χ0v) is 16.1. The van der Waals surface area contributed by atoms with Crippen LogP contribution in [0.4, 0.5) is 17.1 Å². The zero-order chi connectivity index (χ0) is 19.0. The minimum absolute atomic E-state index is 0.719. The third-order valence-corrected chi connectivity index (χ3v) is 5.09. The molecule has 4 nitrogen and oxygen atoms in total. The molecule has 3 aromatic rings. The molecule has 0 amide bonds. The predicted molar refractivity (Wildman–Crippen MR) is 117 cm³/mol. The molecule has 1 fully saturated rings. The first kappa shape index (κ1) is 18.4. The summed E-state index contributed by atoms with van der Waals surface area (Å²) in [5, 5.41) is 3.39. The van der Waals surface area contributed by atoms with Crippen molar-refractivity contribution in [3.63, 3.8) is 0 Å². The first-order valence-corrected chi connectivity index (χ1v) is 9.94. The summed E-state index contributed by atoms with van der Waals surface area (Å²) in [6.07, 6.45) is 0. The van der Waals surface area contributed by atoms with E-state index >= 15 is 0 Å². The van der Waals surface area contributed by atoms with Crippen molar-refractivity contribution in [2.45, 2.75) is 0 Å². The van der Waals surface area contributed by atoms with Crippen molar-refractivity contribution >= 4 is 17.1 Å². The molecule has 0 spiro atoms. The normalized spacial score (nSPS) is 14.6. The number of nitrogens with one attached hydrogen (secondary N) is 1. The van der Waals surface area contributed by atoms with Crippen LogP contribution in [0.3, 0.4) is 0 Å². The van der Waals surface area contributed by atoms with Crippen LogP contribution in [-0.2, 0) is 0 Å². The van der Waals surface area contributed by atoms with Crippen LogP contribution in [0.2, 0.25) is 0 Å². The van der Waals surface area contributed by atoms with Gasteiger partial charge in [-0.15, -0.1) is 0 Å². The van der Waals surface area contributed by atoms with Gasteiger partial charge in [-0.25, -0.2) is 0 Å². The van der Waals surface area contributed by atoms with Gasteiger partial charge in [0.1, 0.15) is 12.4 Å². The Bertz CT molecular complexity index is 829. The maximum atomic E-state index is 5.94. The third-order valence-electron chi connectivity index (χ3n) is 5.09. The van der Waals surface area contributed by atoms with Gasteiger partial charge < -0.3 is 15.0 Å². The maximum absolute atomic E-state index is 5.94. The van der Waals surface area contributed by atoms with E-state index in [-0.39, 0.29) is 0 Å². The Kier molecular flexibility index (Phi) is 6.10. The molecule has 0 bridgehead atoms. The van der Waals surface area contributed by atoms with E-state index in [1.807, 2.05) is 30.3 Å². The van der Waals surface area contributed by atoms with Crippen molar-refractivity contribution in [2.75, 3.05) is 49.5 Å². The maximum Gasteiger partial charge on any atom is 0.119 e. The Morgan fingerprint density at radius 2 is 1.29 bits per heavy atom. The second kappa shape index (κ2) is 9.29. The van der Waals surface area contributed by atoms with Gasteiger partial charge in [-0.1, -0.05) is 36.4 Å². The van der Waals surface area contributed by atoms with Crippen molar-refractivity contribution in [2.24, 2.45) is 0 Å². The molecule has 4 rings (SSSR count). The predicted octanol–water partition coefficient (Wildman–Crippen LogP) is 4.63. The van der Waals surface area contributed by atoms with Gasteiger partial charge in [-0.2, -0.15) is 0 Å². The van der Waals surface area contributed by atoms with Crippen LogP contribution in [0.1, 0.15) is 0 Å². The standard InChI is InChI=1S/C24H27N3O/c1-3-7-21(8-4-1)25-22-11-13-24(14-12-22)28-20-19-26-15-17-27(18-16-26)23-9-5-2-6-10-23/h1-14,25H,15-20H2. The molecule has 1 heterocycles. The topological polar surface area (TPSA) is 27.7 Å². The van der Waals surface area contributed by atoms with E-state index in [0.717, 1.165) is 56.5 Å². The molecule has 1 saturated heterocycles. The zero-order valence-electron chi connectivity index (χ0n) is 16.1. The van der Waals surface area contributed by atoms with Crippen LogP contribution in [0.15, 0.2) is 84.9 Å². The number of anilines is 3. The minimum Gasteiger partial charge on any atom is -0.492 e. The van der Waals surface area contributed by atoms with Gasteiger partial charge in [0.25, 0.3) is 0 Å². The van der Waals surface area contributed by atoms with Gasteiger partial charge in [0.15, 0.2) is 0 Å². The quantitative estimate of drug-likeness (QED) is 0.653. The summed E-state index contributed by atoms with van der Waals surface area (Å²) < 4.78 is 5.94. The Hall–Kier alpha value is -2.98. The highest BCUT2D eigenvalue weighted by Crippen LogP contribution is 2.20. The number of ether oxygens (including phenoxy) is 1. The molecule has 0 radical (unpaired) electrons. The number of nitrogens with zero attached hydrogens (tertiary/aromatic N) is 2. The van der Waals surface area contributed by atoms with Crippen molar-refractivity contribution in [1.82, 2.24) is 4.90 Å². The number of benzene rings is 3. The lowest BCUT2D eigenvalue weighted by Crippen LogP contribution is -2.47. The molecule has 144 valence electrons. The van der Waals surface area contributed by atoms with Crippen molar-refractivity contribution < 1.29 is 4.74 Å².